The Morgan fingerprint density at radius 2 is 1.79 bits per heavy atom. The van der Waals surface area contributed by atoms with Gasteiger partial charge in [0.05, 0.1) is 17.1 Å². The average Bonchev–Trinajstić information content (AvgIpc) is 3.37. The van der Waals surface area contributed by atoms with Gasteiger partial charge in [0, 0.05) is 15.5 Å². The van der Waals surface area contributed by atoms with E-state index in [0.717, 1.165) is 26.8 Å². The van der Waals surface area contributed by atoms with Gasteiger partial charge in [-0.3, -0.25) is 9.36 Å². The Bertz CT molecular complexity index is 1340. The fourth-order valence-corrected chi connectivity index (χ4v) is 5.86. The molecule has 1 N–H and O–H groups in total. The van der Waals surface area contributed by atoms with E-state index in [1.54, 1.807) is 11.8 Å². The monoisotopic (exact) mass is 505 g/mol. The second-order valence-corrected chi connectivity index (χ2v) is 10.8. The highest BCUT2D eigenvalue weighted by atomic mass is 32.2. The number of benzene rings is 2. The molecule has 2 aromatic carbocycles. The van der Waals surface area contributed by atoms with Crippen LogP contribution in [0.2, 0.25) is 0 Å². The number of aromatic nitrogens is 3. The summed E-state index contributed by atoms with van der Waals surface area (Å²) in [4.78, 5) is 14.9. The Morgan fingerprint density at radius 1 is 1.06 bits per heavy atom. The molecule has 0 saturated heterocycles. The summed E-state index contributed by atoms with van der Waals surface area (Å²) in [6.07, 6.45) is 0. The second-order valence-electron chi connectivity index (χ2n) is 7.61. The van der Waals surface area contributed by atoms with Crippen molar-refractivity contribution in [3.8, 4) is 11.8 Å². The number of para-hydroxylation sites is 1. The van der Waals surface area contributed by atoms with Gasteiger partial charge in [0.2, 0.25) is 5.91 Å². The summed E-state index contributed by atoms with van der Waals surface area (Å²) >= 11 is 4.45. The number of thioether (sulfide) groups is 2. The van der Waals surface area contributed by atoms with Crippen molar-refractivity contribution in [2.24, 2.45) is 0 Å². The molecular formula is C25H23N5OS3. The summed E-state index contributed by atoms with van der Waals surface area (Å²) in [6, 6.07) is 20.5. The van der Waals surface area contributed by atoms with Crippen LogP contribution >= 0.6 is 34.9 Å². The predicted molar refractivity (Wildman–Crippen MR) is 140 cm³/mol. The molecule has 2 aromatic heterocycles. The molecule has 0 bridgehead atoms. The molecule has 2 heterocycles. The standard InChI is InChI=1S/C25H23N5OS3/c1-16-9-11-20(12-10-16)32-14-22-28-29-25(30(22)19-7-5-4-6-8-19)33-15-23(31)27-24-21(13-26)17(2)18(3)34-24/h4-12H,14-15H2,1-3H3,(H,27,31). The zero-order valence-electron chi connectivity index (χ0n) is 19.0. The molecule has 0 radical (unpaired) electrons. The lowest BCUT2D eigenvalue weighted by Gasteiger charge is -2.10. The zero-order valence-corrected chi connectivity index (χ0v) is 21.5. The van der Waals surface area contributed by atoms with Crippen molar-refractivity contribution in [1.82, 2.24) is 14.8 Å². The van der Waals surface area contributed by atoms with Gasteiger partial charge in [-0.15, -0.1) is 33.3 Å². The fourth-order valence-electron chi connectivity index (χ4n) is 3.25. The van der Waals surface area contributed by atoms with Crippen LogP contribution in [0, 0.1) is 32.1 Å². The van der Waals surface area contributed by atoms with E-state index in [1.165, 1.54) is 28.7 Å². The van der Waals surface area contributed by atoms with E-state index in [2.05, 4.69) is 52.8 Å². The molecule has 6 nitrogen and oxygen atoms in total. The summed E-state index contributed by atoms with van der Waals surface area (Å²) in [5.74, 6) is 1.45. The Labute approximate surface area is 211 Å². The molecule has 9 heteroatoms. The molecule has 1 amide bonds. The van der Waals surface area contributed by atoms with Crippen LogP contribution in [-0.2, 0) is 10.5 Å². The smallest absolute Gasteiger partial charge is 0.235 e. The summed E-state index contributed by atoms with van der Waals surface area (Å²) in [5, 5.41) is 22.4. The molecule has 0 aliphatic heterocycles. The number of anilines is 1. The lowest BCUT2D eigenvalue weighted by Crippen LogP contribution is -2.14. The van der Waals surface area contributed by atoms with Crippen LogP contribution in [0.4, 0.5) is 5.00 Å². The Morgan fingerprint density at radius 3 is 2.50 bits per heavy atom. The number of nitriles is 1. The molecule has 34 heavy (non-hydrogen) atoms. The number of rotatable bonds is 8. The van der Waals surface area contributed by atoms with Crippen molar-refractivity contribution in [2.75, 3.05) is 11.1 Å². The highest BCUT2D eigenvalue weighted by Gasteiger charge is 2.18. The maximum absolute atomic E-state index is 12.7. The molecule has 0 unspecified atom stereocenters. The lowest BCUT2D eigenvalue weighted by molar-refractivity contribution is -0.113. The highest BCUT2D eigenvalue weighted by Crippen LogP contribution is 2.32. The van der Waals surface area contributed by atoms with Gasteiger partial charge >= 0.3 is 0 Å². The number of thiophene rings is 1. The summed E-state index contributed by atoms with van der Waals surface area (Å²) in [6.45, 7) is 5.92. The van der Waals surface area contributed by atoms with E-state index in [1.807, 2.05) is 48.7 Å². The van der Waals surface area contributed by atoms with Gasteiger partial charge in [0.1, 0.15) is 16.9 Å². The molecule has 0 fully saturated rings. The average molecular weight is 506 g/mol. The Balaban J connectivity index is 1.50. The van der Waals surface area contributed by atoms with Gasteiger partial charge in [-0.25, -0.2) is 0 Å². The molecule has 0 saturated carbocycles. The minimum atomic E-state index is -0.180. The van der Waals surface area contributed by atoms with Crippen molar-refractivity contribution in [3.05, 3.63) is 82.0 Å². The number of amides is 1. The normalized spacial score (nSPS) is 10.8. The van der Waals surface area contributed by atoms with Crippen molar-refractivity contribution in [1.29, 1.82) is 5.26 Å². The molecular weight excluding hydrogens is 483 g/mol. The summed E-state index contributed by atoms with van der Waals surface area (Å²) < 4.78 is 2.00. The topological polar surface area (TPSA) is 83.6 Å². The molecule has 0 aliphatic rings. The molecule has 0 atom stereocenters. The molecule has 4 rings (SSSR count). The number of carbonyl (C=O) groups excluding carboxylic acids is 1. The van der Waals surface area contributed by atoms with Crippen LogP contribution in [0.25, 0.3) is 5.69 Å². The van der Waals surface area contributed by atoms with E-state index in [9.17, 15) is 10.1 Å². The SMILES string of the molecule is Cc1ccc(SCc2nnc(SCC(=O)Nc3sc(C)c(C)c3C#N)n2-c2ccccc2)cc1. The van der Waals surface area contributed by atoms with Crippen molar-refractivity contribution in [2.45, 2.75) is 36.6 Å². The van der Waals surface area contributed by atoms with Crippen LogP contribution in [0.1, 0.15) is 27.4 Å². The first-order valence-electron chi connectivity index (χ1n) is 10.6. The van der Waals surface area contributed by atoms with Gasteiger partial charge in [-0.2, -0.15) is 5.26 Å². The lowest BCUT2D eigenvalue weighted by atomic mass is 10.2. The van der Waals surface area contributed by atoms with Crippen LogP contribution < -0.4 is 5.32 Å². The maximum atomic E-state index is 12.7. The van der Waals surface area contributed by atoms with Gasteiger partial charge < -0.3 is 5.32 Å². The fraction of sp³-hybridized carbons (Fsp3) is 0.200. The Hall–Kier alpha value is -3.06. The number of hydrogen-bond donors (Lipinski definition) is 1. The number of carbonyl (C=O) groups is 1. The third-order valence-electron chi connectivity index (χ3n) is 5.19. The van der Waals surface area contributed by atoms with Gasteiger partial charge in [0.15, 0.2) is 5.16 Å². The first kappa shape index (κ1) is 24.1. The van der Waals surface area contributed by atoms with Crippen molar-refractivity contribution >= 4 is 45.8 Å². The van der Waals surface area contributed by atoms with Crippen molar-refractivity contribution in [3.63, 3.8) is 0 Å². The van der Waals surface area contributed by atoms with Crippen LogP contribution in [0.15, 0.2) is 64.6 Å². The summed E-state index contributed by atoms with van der Waals surface area (Å²) in [7, 11) is 0. The van der Waals surface area contributed by atoms with Crippen LogP contribution in [0.5, 0.6) is 0 Å². The predicted octanol–water partition coefficient (Wildman–Crippen LogP) is 6.15. The second kappa shape index (κ2) is 10.9. The van der Waals surface area contributed by atoms with Crippen molar-refractivity contribution < 1.29 is 4.79 Å². The van der Waals surface area contributed by atoms with Gasteiger partial charge in [-0.1, -0.05) is 47.7 Å². The van der Waals surface area contributed by atoms with E-state index >= 15 is 0 Å². The molecule has 0 aliphatic carbocycles. The minimum absolute atomic E-state index is 0.164. The maximum Gasteiger partial charge on any atom is 0.235 e. The van der Waals surface area contributed by atoms with Gasteiger partial charge in [0.25, 0.3) is 0 Å². The number of aryl methyl sites for hydroxylation is 2. The Kier molecular flexibility index (Phi) is 7.73. The van der Waals surface area contributed by atoms with E-state index < -0.39 is 0 Å². The highest BCUT2D eigenvalue weighted by molar-refractivity contribution is 7.99. The molecule has 0 spiro atoms. The summed E-state index contributed by atoms with van der Waals surface area (Å²) in [5.41, 5.74) is 3.62. The largest absolute Gasteiger partial charge is 0.316 e. The first-order chi connectivity index (χ1) is 16.5. The first-order valence-corrected chi connectivity index (χ1v) is 13.4. The van der Waals surface area contributed by atoms with E-state index in [0.29, 0.717) is 21.5 Å². The van der Waals surface area contributed by atoms with Crippen LogP contribution in [-0.4, -0.2) is 26.4 Å². The number of nitrogens with zero attached hydrogens (tertiary/aromatic N) is 4. The zero-order chi connectivity index (χ0) is 24.1. The quantitative estimate of drug-likeness (QED) is 0.289. The number of nitrogens with one attached hydrogen (secondary N) is 1. The minimum Gasteiger partial charge on any atom is -0.316 e. The molecule has 172 valence electrons. The van der Waals surface area contributed by atoms with Gasteiger partial charge in [-0.05, 0) is 50.6 Å². The van der Waals surface area contributed by atoms with E-state index in [4.69, 9.17) is 0 Å². The van der Waals surface area contributed by atoms with Crippen LogP contribution in [0.3, 0.4) is 0 Å². The third-order valence-corrected chi connectivity index (χ3v) is 8.25. The van der Waals surface area contributed by atoms with E-state index in [-0.39, 0.29) is 11.7 Å². The third kappa shape index (κ3) is 5.53. The molecule has 4 aromatic rings. The number of hydrogen-bond acceptors (Lipinski definition) is 7.